The molecule has 0 N–H and O–H groups in total. The SMILES string of the molecule is CC1CCN(c2ncnc3c2oc2nc4c(cc23)CCCC4)CC1. The number of nitrogens with zero attached hydrogens (tertiary/aromatic N) is 4. The molecule has 1 aliphatic carbocycles. The summed E-state index contributed by atoms with van der Waals surface area (Å²) in [5.74, 6) is 1.73. The maximum Gasteiger partial charge on any atom is 0.229 e. The Hall–Kier alpha value is -2.17. The molecule has 0 bridgehead atoms. The van der Waals surface area contributed by atoms with Crippen LogP contribution in [0.15, 0.2) is 16.8 Å². The van der Waals surface area contributed by atoms with Gasteiger partial charge in [0.15, 0.2) is 11.4 Å². The number of fused-ring (bicyclic) bond motifs is 4. The van der Waals surface area contributed by atoms with E-state index in [1.807, 2.05) is 0 Å². The molecule has 0 amide bonds. The van der Waals surface area contributed by atoms with Gasteiger partial charge in [-0.05, 0) is 56.1 Å². The summed E-state index contributed by atoms with van der Waals surface area (Å²) in [6, 6.07) is 2.25. The number of rotatable bonds is 1. The average molecular weight is 322 g/mol. The van der Waals surface area contributed by atoms with Crippen LogP contribution >= 0.6 is 0 Å². The molecule has 0 unspecified atom stereocenters. The first-order valence-corrected chi connectivity index (χ1v) is 9.10. The normalized spacial score (nSPS) is 19.1. The predicted octanol–water partition coefficient (Wildman–Crippen LogP) is 3.89. The standard InChI is InChI=1S/C19H22N4O/c1-12-6-8-23(9-7-12)18-17-16(20-11-21-18)14-10-13-4-2-3-5-15(13)22-19(14)24-17/h10-12H,2-9H2,1H3. The minimum atomic E-state index is 0.720. The molecule has 1 fully saturated rings. The van der Waals surface area contributed by atoms with Crippen LogP contribution in [0.3, 0.4) is 0 Å². The number of furan rings is 1. The number of hydrogen-bond donors (Lipinski definition) is 0. The average Bonchev–Trinajstić information content (AvgIpc) is 2.98. The summed E-state index contributed by atoms with van der Waals surface area (Å²) in [6.45, 7) is 4.39. The van der Waals surface area contributed by atoms with Crippen molar-refractivity contribution in [1.82, 2.24) is 15.0 Å². The zero-order chi connectivity index (χ0) is 16.1. The van der Waals surface area contributed by atoms with Crippen LogP contribution < -0.4 is 4.90 Å². The van der Waals surface area contributed by atoms with Gasteiger partial charge in [-0.1, -0.05) is 6.92 Å². The van der Waals surface area contributed by atoms with Crippen LogP contribution in [-0.4, -0.2) is 28.0 Å². The van der Waals surface area contributed by atoms with Gasteiger partial charge in [0.05, 0.1) is 5.39 Å². The number of aryl methyl sites for hydroxylation is 2. The molecule has 5 nitrogen and oxygen atoms in total. The smallest absolute Gasteiger partial charge is 0.229 e. The summed E-state index contributed by atoms with van der Waals surface area (Å²) in [6.07, 6.45) is 8.74. The number of anilines is 1. The molecule has 0 saturated carbocycles. The van der Waals surface area contributed by atoms with Crippen molar-refractivity contribution in [2.45, 2.75) is 45.4 Å². The van der Waals surface area contributed by atoms with Crippen molar-refractivity contribution in [3.05, 3.63) is 23.7 Å². The second-order valence-corrected chi connectivity index (χ2v) is 7.30. The monoisotopic (exact) mass is 322 g/mol. The lowest BCUT2D eigenvalue weighted by molar-refractivity contribution is 0.436. The molecule has 4 heterocycles. The lowest BCUT2D eigenvalue weighted by atomic mass is 9.95. The molecule has 0 atom stereocenters. The molecule has 2 aliphatic rings. The molecular formula is C19H22N4O. The minimum absolute atomic E-state index is 0.720. The highest BCUT2D eigenvalue weighted by Gasteiger charge is 2.23. The molecule has 0 radical (unpaired) electrons. The van der Waals surface area contributed by atoms with E-state index in [0.717, 1.165) is 59.9 Å². The van der Waals surface area contributed by atoms with Gasteiger partial charge in [-0.3, -0.25) is 0 Å². The molecule has 0 aromatic carbocycles. The van der Waals surface area contributed by atoms with E-state index in [9.17, 15) is 0 Å². The van der Waals surface area contributed by atoms with Gasteiger partial charge in [-0.15, -0.1) is 0 Å². The lowest BCUT2D eigenvalue weighted by Crippen LogP contribution is -2.33. The van der Waals surface area contributed by atoms with Crippen LogP contribution in [0.5, 0.6) is 0 Å². The van der Waals surface area contributed by atoms with Gasteiger partial charge in [0, 0.05) is 18.8 Å². The van der Waals surface area contributed by atoms with Crippen molar-refractivity contribution in [3.8, 4) is 0 Å². The van der Waals surface area contributed by atoms with E-state index >= 15 is 0 Å². The summed E-state index contributed by atoms with van der Waals surface area (Å²) < 4.78 is 6.15. The van der Waals surface area contributed by atoms with Crippen LogP contribution in [0, 0.1) is 5.92 Å². The summed E-state index contributed by atoms with van der Waals surface area (Å²) >= 11 is 0. The van der Waals surface area contributed by atoms with E-state index in [4.69, 9.17) is 9.40 Å². The third-order valence-electron chi connectivity index (χ3n) is 5.59. The molecule has 124 valence electrons. The highest BCUT2D eigenvalue weighted by Crippen LogP contribution is 2.35. The van der Waals surface area contributed by atoms with E-state index in [1.54, 1.807) is 6.33 Å². The molecular weight excluding hydrogens is 300 g/mol. The zero-order valence-electron chi connectivity index (χ0n) is 14.1. The Balaban J connectivity index is 1.67. The predicted molar refractivity (Wildman–Crippen MR) is 94.4 cm³/mol. The number of pyridine rings is 1. The van der Waals surface area contributed by atoms with Gasteiger partial charge < -0.3 is 9.32 Å². The molecule has 0 spiro atoms. The highest BCUT2D eigenvalue weighted by atomic mass is 16.3. The zero-order valence-corrected chi connectivity index (χ0v) is 14.1. The molecule has 3 aromatic heterocycles. The molecule has 5 heteroatoms. The van der Waals surface area contributed by atoms with Gasteiger partial charge in [0.25, 0.3) is 0 Å². The summed E-state index contributed by atoms with van der Waals surface area (Å²) in [7, 11) is 0. The van der Waals surface area contributed by atoms with Gasteiger partial charge >= 0.3 is 0 Å². The molecule has 1 aliphatic heterocycles. The highest BCUT2D eigenvalue weighted by molar-refractivity contribution is 6.04. The maximum absolute atomic E-state index is 6.15. The Bertz CT molecular complexity index is 909. The van der Waals surface area contributed by atoms with Crippen LogP contribution in [0.4, 0.5) is 5.82 Å². The van der Waals surface area contributed by atoms with Crippen molar-refractivity contribution in [2.24, 2.45) is 5.92 Å². The largest absolute Gasteiger partial charge is 0.432 e. The first-order valence-electron chi connectivity index (χ1n) is 9.10. The number of aromatic nitrogens is 3. The minimum Gasteiger partial charge on any atom is -0.432 e. The van der Waals surface area contributed by atoms with Gasteiger partial charge in [-0.25, -0.2) is 15.0 Å². The third-order valence-corrected chi connectivity index (χ3v) is 5.59. The van der Waals surface area contributed by atoms with Crippen molar-refractivity contribution in [2.75, 3.05) is 18.0 Å². The molecule has 1 saturated heterocycles. The Labute approximate surface area is 141 Å². The summed E-state index contributed by atoms with van der Waals surface area (Å²) in [5, 5.41) is 1.04. The van der Waals surface area contributed by atoms with Crippen LogP contribution in [0.25, 0.3) is 22.2 Å². The van der Waals surface area contributed by atoms with Gasteiger partial charge in [-0.2, -0.15) is 0 Å². The van der Waals surface area contributed by atoms with E-state index in [2.05, 4.69) is 27.9 Å². The Morgan fingerprint density at radius 3 is 2.83 bits per heavy atom. The number of hydrogen-bond acceptors (Lipinski definition) is 5. The van der Waals surface area contributed by atoms with E-state index in [1.165, 1.54) is 36.9 Å². The van der Waals surface area contributed by atoms with Crippen molar-refractivity contribution in [3.63, 3.8) is 0 Å². The second kappa shape index (κ2) is 5.43. The fourth-order valence-electron chi connectivity index (χ4n) is 4.05. The van der Waals surface area contributed by atoms with E-state index < -0.39 is 0 Å². The molecule has 5 rings (SSSR count). The Kier molecular flexibility index (Phi) is 3.21. The van der Waals surface area contributed by atoms with Crippen LogP contribution in [0.1, 0.15) is 43.9 Å². The summed E-state index contributed by atoms with van der Waals surface area (Å²) in [5.41, 5.74) is 5.00. The van der Waals surface area contributed by atoms with E-state index in [-0.39, 0.29) is 0 Å². The molecule has 3 aromatic rings. The number of piperidine rings is 1. The van der Waals surface area contributed by atoms with E-state index in [0.29, 0.717) is 0 Å². The van der Waals surface area contributed by atoms with Crippen LogP contribution in [-0.2, 0) is 12.8 Å². The lowest BCUT2D eigenvalue weighted by Gasteiger charge is -2.30. The van der Waals surface area contributed by atoms with Crippen LogP contribution in [0.2, 0.25) is 0 Å². The maximum atomic E-state index is 6.15. The summed E-state index contributed by atoms with van der Waals surface area (Å²) in [4.78, 5) is 16.2. The fourth-order valence-corrected chi connectivity index (χ4v) is 4.05. The topological polar surface area (TPSA) is 55.1 Å². The Morgan fingerprint density at radius 1 is 1.12 bits per heavy atom. The van der Waals surface area contributed by atoms with Crippen molar-refractivity contribution >= 4 is 28.0 Å². The third kappa shape index (κ3) is 2.18. The quantitative estimate of drug-likeness (QED) is 0.680. The first kappa shape index (κ1) is 14.2. The van der Waals surface area contributed by atoms with Crippen molar-refractivity contribution in [1.29, 1.82) is 0 Å². The Morgan fingerprint density at radius 2 is 1.96 bits per heavy atom. The molecule has 24 heavy (non-hydrogen) atoms. The van der Waals surface area contributed by atoms with Gasteiger partial charge in [0.1, 0.15) is 11.8 Å². The first-order chi connectivity index (χ1) is 11.8. The fraction of sp³-hybridized carbons (Fsp3) is 0.526. The van der Waals surface area contributed by atoms with Crippen molar-refractivity contribution < 1.29 is 4.42 Å². The van der Waals surface area contributed by atoms with Gasteiger partial charge in [0.2, 0.25) is 5.71 Å². The second-order valence-electron chi connectivity index (χ2n) is 7.30.